The zero-order valence-electron chi connectivity index (χ0n) is 13.0. The average Bonchev–Trinajstić information content (AvgIpc) is 2.85. The Bertz CT molecular complexity index is 740. The number of hydrogen-bond acceptors (Lipinski definition) is 6. The number of nitrogens with two attached hydrogens (primary N) is 1. The molecule has 1 aliphatic rings. The molecular weight excluding hydrogens is 356 g/mol. The summed E-state index contributed by atoms with van der Waals surface area (Å²) >= 11 is 7.21. The van der Waals surface area contributed by atoms with Crippen molar-refractivity contribution in [2.75, 3.05) is 18.6 Å². The fourth-order valence-corrected chi connectivity index (χ4v) is 3.94. The van der Waals surface area contributed by atoms with E-state index in [2.05, 4.69) is 4.98 Å². The van der Waals surface area contributed by atoms with E-state index >= 15 is 0 Å². The average molecular weight is 377 g/mol. The minimum atomic E-state index is -3.22. The Hall–Kier alpha value is -0.890. The number of fused-ring (bicyclic) bond motifs is 1. The number of hydrogen-bond donors (Lipinski definition) is 1. The standard InChI is InChI=1S/C8H16O3S.C7H5ClN2S/c1-12(9,10)11-7-8-5-3-2-4-6-8;8-4-1-2-5-6(3-4)11-7(9)10-5/h8H,2-7H2,1H3;1-3H,(H2,9,10). The van der Waals surface area contributed by atoms with Gasteiger partial charge in [-0.25, -0.2) is 4.98 Å². The van der Waals surface area contributed by atoms with Crippen LogP contribution in [0.5, 0.6) is 0 Å². The van der Waals surface area contributed by atoms with E-state index < -0.39 is 10.1 Å². The number of nitrogen functional groups attached to an aromatic ring is 1. The summed E-state index contributed by atoms with van der Waals surface area (Å²) < 4.78 is 27.1. The smallest absolute Gasteiger partial charge is 0.264 e. The first kappa shape index (κ1) is 18.4. The third kappa shape index (κ3) is 6.63. The third-order valence-corrected chi connectivity index (χ3v) is 5.26. The molecule has 8 heteroatoms. The van der Waals surface area contributed by atoms with Crippen LogP contribution in [0.4, 0.5) is 5.13 Å². The molecule has 0 atom stereocenters. The Morgan fingerprint density at radius 1 is 1.35 bits per heavy atom. The Morgan fingerprint density at radius 2 is 2.04 bits per heavy atom. The second-order valence-corrected chi connectivity index (χ2v) is 8.80. The summed E-state index contributed by atoms with van der Waals surface area (Å²) in [5.41, 5.74) is 6.42. The molecule has 0 amide bonds. The molecule has 0 saturated heterocycles. The van der Waals surface area contributed by atoms with Crippen molar-refractivity contribution in [2.45, 2.75) is 32.1 Å². The summed E-state index contributed by atoms with van der Waals surface area (Å²) in [5, 5.41) is 1.31. The number of benzene rings is 1. The van der Waals surface area contributed by atoms with Gasteiger partial charge in [0, 0.05) is 5.02 Å². The summed E-state index contributed by atoms with van der Waals surface area (Å²) in [5.74, 6) is 0.466. The highest BCUT2D eigenvalue weighted by Gasteiger charge is 2.15. The van der Waals surface area contributed by atoms with Gasteiger partial charge in [0.1, 0.15) is 0 Å². The van der Waals surface area contributed by atoms with E-state index in [0.29, 0.717) is 17.7 Å². The van der Waals surface area contributed by atoms with Crippen LogP contribution in [0, 0.1) is 5.92 Å². The van der Waals surface area contributed by atoms with Gasteiger partial charge in [-0.3, -0.25) is 4.18 Å². The van der Waals surface area contributed by atoms with E-state index in [9.17, 15) is 8.42 Å². The molecule has 3 rings (SSSR count). The van der Waals surface area contributed by atoms with Crippen molar-refractivity contribution in [2.24, 2.45) is 5.92 Å². The zero-order chi connectivity index (χ0) is 16.9. The number of rotatable bonds is 3. The van der Waals surface area contributed by atoms with E-state index in [0.717, 1.165) is 34.3 Å². The minimum absolute atomic E-state index is 0.388. The largest absolute Gasteiger partial charge is 0.375 e. The number of anilines is 1. The van der Waals surface area contributed by atoms with E-state index in [1.165, 1.54) is 30.6 Å². The predicted molar refractivity (Wildman–Crippen MR) is 96.4 cm³/mol. The molecule has 1 saturated carbocycles. The highest BCUT2D eigenvalue weighted by atomic mass is 35.5. The lowest BCUT2D eigenvalue weighted by molar-refractivity contribution is 0.215. The topological polar surface area (TPSA) is 82.3 Å². The number of thiazole rings is 1. The Labute approximate surface area is 145 Å². The molecule has 1 fully saturated rings. The fraction of sp³-hybridized carbons (Fsp3) is 0.533. The molecule has 0 spiro atoms. The van der Waals surface area contributed by atoms with Crippen LogP contribution in [-0.4, -0.2) is 26.3 Å². The molecule has 2 aromatic rings. The third-order valence-electron chi connectivity index (χ3n) is 3.61. The SMILES string of the molecule is CS(=O)(=O)OCC1CCCCC1.Nc1nc2ccc(Cl)cc2s1. The van der Waals surface area contributed by atoms with E-state index in [1.54, 1.807) is 0 Å². The molecule has 0 aliphatic heterocycles. The maximum Gasteiger partial charge on any atom is 0.264 e. The number of nitrogens with zero attached hydrogens (tertiary/aromatic N) is 1. The van der Waals surface area contributed by atoms with Gasteiger partial charge in [-0.1, -0.05) is 42.2 Å². The quantitative estimate of drug-likeness (QED) is 0.816. The molecule has 1 aliphatic carbocycles. The maximum absolute atomic E-state index is 10.7. The fourth-order valence-electron chi connectivity index (χ4n) is 2.49. The molecule has 23 heavy (non-hydrogen) atoms. The van der Waals surface area contributed by atoms with Crippen LogP contribution in [0.2, 0.25) is 5.02 Å². The Balaban J connectivity index is 0.000000167. The summed E-state index contributed by atoms with van der Waals surface area (Å²) in [7, 11) is -3.22. The predicted octanol–water partition coefficient (Wildman–Crippen LogP) is 4.07. The van der Waals surface area contributed by atoms with Crippen molar-refractivity contribution in [3.63, 3.8) is 0 Å². The van der Waals surface area contributed by atoms with E-state index in [-0.39, 0.29) is 0 Å². The Morgan fingerprint density at radius 3 is 2.70 bits per heavy atom. The molecule has 5 nitrogen and oxygen atoms in total. The minimum Gasteiger partial charge on any atom is -0.375 e. The van der Waals surface area contributed by atoms with Crippen LogP contribution in [-0.2, 0) is 14.3 Å². The normalized spacial score (nSPS) is 16.1. The van der Waals surface area contributed by atoms with Gasteiger partial charge in [0.2, 0.25) is 0 Å². The van der Waals surface area contributed by atoms with E-state index in [1.807, 2.05) is 18.2 Å². The van der Waals surface area contributed by atoms with Crippen molar-refractivity contribution in [1.29, 1.82) is 0 Å². The second-order valence-electron chi connectivity index (χ2n) is 5.66. The molecule has 0 bridgehead atoms. The van der Waals surface area contributed by atoms with Crippen LogP contribution >= 0.6 is 22.9 Å². The monoisotopic (exact) mass is 376 g/mol. The highest BCUT2D eigenvalue weighted by Crippen LogP contribution is 2.26. The number of halogens is 1. The van der Waals surface area contributed by atoms with Crippen LogP contribution in [0.15, 0.2) is 18.2 Å². The molecule has 128 valence electrons. The molecule has 0 radical (unpaired) electrons. The first-order valence-electron chi connectivity index (χ1n) is 7.49. The van der Waals surface area contributed by atoms with Gasteiger partial charge in [-0.2, -0.15) is 8.42 Å². The lowest BCUT2D eigenvalue weighted by Gasteiger charge is -2.20. The van der Waals surface area contributed by atoms with Crippen LogP contribution < -0.4 is 5.73 Å². The van der Waals surface area contributed by atoms with Crippen LogP contribution in [0.25, 0.3) is 10.2 Å². The number of aromatic nitrogens is 1. The van der Waals surface area contributed by atoms with Crippen LogP contribution in [0.1, 0.15) is 32.1 Å². The first-order valence-corrected chi connectivity index (χ1v) is 10.5. The lowest BCUT2D eigenvalue weighted by atomic mass is 9.90. The van der Waals surface area contributed by atoms with Gasteiger partial charge in [-0.05, 0) is 37.0 Å². The van der Waals surface area contributed by atoms with Gasteiger partial charge < -0.3 is 5.73 Å². The van der Waals surface area contributed by atoms with Crippen molar-refractivity contribution < 1.29 is 12.6 Å². The summed E-state index contributed by atoms with van der Waals surface area (Å²) in [6.45, 7) is 0.388. The van der Waals surface area contributed by atoms with Crippen molar-refractivity contribution in [3.8, 4) is 0 Å². The molecule has 1 heterocycles. The van der Waals surface area contributed by atoms with Gasteiger partial charge in [0.05, 0.1) is 23.1 Å². The summed E-state index contributed by atoms with van der Waals surface area (Å²) in [6, 6.07) is 5.54. The second kappa shape index (κ2) is 8.28. The first-order chi connectivity index (χ1) is 10.8. The van der Waals surface area contributed by atoms with Gasteiger partial charge in [-0.15, -0.1) is 0 Å². The van der Waals surface area contributed by atoms with Gasteiger partial charge in [0.15, 0.2) is 5.13 Å². The molecular formula is C15H21ClN2O3S2. The molecule has 1 aromatic carbocycles. The summed E-state index contributed by atoms with van der Waals surface area (Å²) in [4.78, 5) is 4.09. The van der Waals surface area contributed by atoms with Gasteiger partial charge >= 0.3 is 0 Å². The zero-order valence-corrected chi connectivity index (χ0v) is 15.4. The van der Waals surface area contributed by atoms with E-state index in [4.69, 9.17) is 21.5 Å². The Kier molecular flexibility index (Phi) is 6.64. The summed E-state index contributed by atoms with van der Waals surface area (Å²) in [6.07, 6.45) is 7.08. The molecule has 0 unspecified atom stereocenters. The van der Waals surface area contributed by atoms with Crippen molar-refractivity contribution in [3.05, 3.63) is 23.2 Å². The lowest BCUT2D eigenvalue weighted by Crippen LogP contribution is -2.16. The van der Waals surface area contributed by atoms with Gasteiger partial charge in [0.25, 0.3) is 10.1 Å². The van der Waals surface area contributed by atoms with Crippen molar-refractivity contribution >= 4 is 48.4 Å². The van der Waals surface area contributed by atoms with Crippen LogP contribution in [0.3, 0.4) is 0 Å². The highest BCUT2D eigenvalue weighted by molar-refractivity contribution is 7.85. The maximum atomic E-state index is 10.7. The molecule has 1 aromatic heterocycles. The van der Waals surface area contributed by atoms with Crippen molar-refractivity contribution in [1.82, 2.24) is 4.98 Å². The molecule has 2 N–H and O–H groups in total.